The summed E-state index contributed by atoms with van der Waals surface area (Å²) in [6, 6.07) is 0. The highest BCUT2D eigenvalue weighted by Crippen LogP contribution is 2.25. The summed E-state index contributed by atoms with van der Waals surface area (Å²) < 4.78 is 32.9. The molecule has 0 aliphatic rings. The van der Waals surface area contributed by atoms with Crippen molar-refractivity contribution in [3.05, 3.63) is 0 Å². The Morgan fingerprint density at radius 1 is 1.22 bits per heavy atom. The maximum Gasteiger partial charge on any atom is 0.466 e. The lowest BCUT2D eigenvalue weighted by Gasteiger charge is -1.82. The largest absolute Gasteiger partial charge is 0.466 e. The monoisotopic (exact) mass is 182 g/mol. The lowest BCUT2D eigenvalue weighted by Crippen LogP contribution is -2.30. The van der Waals surface area contributed by atoms with Crippen LogP contribution in [0.25, 0.3) is 0 Å². The van der Waals surface area contributed by atoms with E-state index in [0.29, 0.717) is 0 Å². The first-order chi connectivity index (χ1) is 3.73. The minimum absolute atomic E-state index is 2.60. The molecule has 4 N–H and O–H groups in total. The molecule has 0 rings (SSSR count). The van der Waals surface area contributed by atoms with E-state index in [4.69, 9.17) is 33.2 Å². The summed E-state index contributed by atoms with van der Waals surface area (Å²) >= 11 is 0. The van der Waals surface area contributed by atoms with E-state index >= 15 is 0 Å². The first-order valence-corrected chi connectivity index (χ1v) is 3.78. The molecule has 0 unspecified atom stereocenters. The van der Waals surface area contributed by atoms with Gasteiger partial charge in [0.05, 0.1) is 0 Å². The van der Waals surface area contributed by atoms with Crippen LogP contribution in [0.4, 0.5) is 0 Å². The van der Waals surface area contributed by atoms with Gasteiger partial charge in [0.25, 0.3) is 10.8 Å². The van der Waals surface area contributed by atoms with Crippen LogP contribution in [0.15, 0.2) is 0 Å². The molecule has 58 valence electrons. The first-order valence-electron chi connectivity index (χ1n) is 1.26. The van der Waals surface area contributed by atoms with Crippen LogP contribution in [-0.2, 0) is 4.57 Å². The first kappa shape index (κ1) is 12.0. The van der Waals surface area contributed by atoms with E-state index in [1.807, 2.05) is 0 Å². The lowest BCUT2D eigenvalue weighted by molar-refractivity contribution is -1.63. The third-order valence-corrected chi connectivity index (χ3v) is 0. The van der Waals surface area contributed by atoms with Gasteiger partial charge in [-0.3, -0.25) is 0 Å². The van der Waals surface area contributed by atoms with Gasteiger partial charge in [-0.25, -0.2) is 4.57 Å². The Morgan fingerprint density at radius 3 is 1.22 bits per heavy atom. The Labute approximate surface area is 52.8 Å². The van der Waals surface area contributed by atoms with Gasteiger partial charge >= 0.3 is 7.82 Å². The Bertz CT molecular complexity index is 80.1. The van der Waals surface area contributed by atoms with Crippen molar-refractivity contribution in [2.24, 2.45) is 0 Å². The zero-order valence-corrected chi connectivity index (χ0v) is 5.49. The molecule has 0 radical (unpaired) electrons. The van der Waals surface area contributed by atoms with Crippen molar-refractivity contribution in [3.8, 4) is 0 Å². The molecule has 0 heterocycles. The summed E-state index contributed by atoms with van der Waals surface area (Å²) in [5, 5.41) is 0. The molecule has 0 fully saturated rings. The van der Waals surface area contributed by atoms with E-state index in [9.17, 15) is 0 Å². The average Bonchev–Trinajstić information content (AvgIpc) is 1.19. The average molecular weight is 182 g/mol. The van der Waals surface area contributed by atoms with E-state index in [-0.39, 0.29) is 0 Å². The van der Waals surface area contributed by atoms with Gasteiger partial charge in [0.1, 0.15) is 0 Å². The Balaban J connectivity index is 0. The summed E-state index contributed by atoms with van der Waals surface area (Å²) in [7, 11) is -7.24. The third-order valence-electron chi connectivity index (χ3n) is 0. The molecule has 0 amide bonds. The zero-order valence-electron chi connectivity index (χ0n) is 3.84. The molecule has 0 bridgehead atoms. The fraction of sp³-hybridized carbons (Fsp3) is 0. The van der Waals surface area contributed by atoms with E-state index in [1.165, 1.54) is 0 Å². The van der Waals surface area contributed by atoms with Crippen molar-refractivity contribution in [2.45, 2.75) is 0 Å². The maximum atomic E-state index is 8.88. The Hall–Kier alpha value is 0.280. The minimum atomic E-state index is -4.64. The fourth-order valence-electron chi connectivity index (χ4n) is 0. The molecule has 0 aromatic heterocycles. The van der Waals surface area contributed by atoms with E-state index in [1.54, 1.807) is 0 Å². The van der Waals surface area contributed by atoms with Crippen molar-refractivity contribution >= 4 is 7.82 Å². The van der Waals surface area contributed by atoms with Crippen LogP contribution in [0.3, 0.4) is 0 Å². The van der Waals surface area contributed by atoms with Gasteiger partial charge in [-0.15, -0.1) is 0 Å². The van der Waals surface area contributed by atoms with E-state index in [2.05, 4.69) is 0 Å². The smallest absolute Gasteiger partial charge is 0.321 e. The van der Waals surface area contributed by atoms with Gasteiger partial charge in [-0.2, -0.15) is 0 Å². The minimum Gasteiger partial charge on any atom is -0.321 e. The molecule has 0 atom stereocenters. The van der Waals surface area contributed by atoms with Crippen LogP contribution in [0, 0.1) is 10.8 Å². The number of halogens is 1. The second-order valence-electron chi connectivity index (χ2n) is 0.714. The quantitative estimate of drug-likeness (QED) is 0.281. The van der Waals surface area contributed by atoms with Crippen molar-refractivity contribution in [3.63, 3.8) is 0 Å². The summed E-state index contributed by atoms with van der Waals surface area (Å²) in [6.07, 6.45) is 0. The van der Waals surface area contributed by atoms with E-state index < -0.39 is 18.6 Å². The number of hydrogen-bond donors (Lipinski definition) is 4. The SMILES string of the molecule is O=P(O)(O)O.[O-][Cl+2]([O-])O. The molecule has 7 nitrogen and oxygen atoms in total. The highest BCUT2D eigenvalue weighted by molar-refractivity contribution is 7.45. The van der Waals surface area contributed by atoms with Crippen molar-refractivity contribution in [2.75, 3.05) is 0 Å². The van der Waals surface area contributed by atoms with Crippen LogP contribution in [0.5, 0.6) is 0 Å². The van der Waals surface area contributed by atoms with Crippen LogP contribution in [0.2, 0.25) is 0 Å². The molecule has 0 aromatic rings. The van der Waals surface area contributed by atoms with E-state index in [0.717, 1.165) is 0 Å². The zero-order chi connectivity index (χ0) is 8.08. The van der Waals surface area contributed by atoms with Crippen LogP contribution in [0.1, 0.15) is 0 Å². The van der Waals surface area contributed by atoms with Gasteiger partial charge in [0.15, 0.2) is 0 Å². The molecule has 9 heavy (non-hydrogen) atoms. The molecule has 0 aromatic carbocycles. The van der Waals surface area contributed by atoms with Crippen LogP contribution < -0.4 is 9.32 Å². The summed E-state index contributed by atoms with van der Waals surface area (Å²) in [5.74, 6) is 0. The predicted octanol–water partition coefficient (Wildman–Crippen LogP) is -3.86. The molecule has 0 aliphatic carbocycles. The summed E-state index contributed by atoms with van der Waals surface area (Å²) in [6.45, 7) is 0. The van der Waals surface area contributed by atoms with Gasteiger partial charge < -0.3 is 24.0 Å². The normalized spacial score (nSPS) is 10.6. The van der Waals surface area contributed by atoms with Crippen LogP contribution in [-0.4, -0.2) is 19.3 Å². The Morgan fingerprint density at radius 2 is 1.22 bits per heavy atom. The highest BCUT2D eigenvalue weighted by Gasteiger charge is 2.00. The summed E-state index contributed by atoms with van der Waals surface area (Å²) in [5.41, 5.74) is 0. The second kappa shape index (κ2) is 5.10. The molecule has 0 spiro atoms. The van der Waals surface area contributed by atoms with Crippen molar-refractivity contribution < 1.29 is 44.0 Å². The molecule has 0 saturated heterocycles. The van der Waals surface area contributed by atoms with Gasteiger partial charge in [0.2, 0.25) is 0 Å². The van der Waals surface area contributed by atoms with Gasteiger partial charge in [-0.05, 0) is 0 Å². The molecule has 0 saturated carbocycles. The maximum absolute atomic E-state index is 8.88. The molecular formula is H4ClO7P. The molecular weight excluding hydrogens is 178 g/mol. The highest BCUT2D eigenvalue weighted by atomic mass is 35.6. The second-order valence-corrected chi connectivity index (χ2v) is 2.14. The van der Waals surface area contributed by atoms with Gasteiger partial charge in [-0.1, -0.05) is 0 Å². The molecule has 0 aliphatic heterocycles. The van der Waals surface area contributed by atoms with Gasteiger partial charge in [0, 0.05) is 4.66 Å². The Kier molecular flexibility index (Phi) is 6.80. The standard InChI is InChI=1S/ClHO3.H3O4P/c2-1(3)4;1-5(2,3)4/h2H;(H3,1,2,3,4). The number of hydrogen-bond acceptors (Lipinski definition) is 4. The third kappa shape index (κ3) is 4170. The van der Waals surface area contributed by atoms with Crippen molar-refractivity contribution in [1.29, 1.82) is 0 Å². The fourth-order valence-corrected chi connectivity index (χ4v) is 0. The summed E-state index contributed by atoms with van der Waals surface area (Å²) in [4.78, 5) is 21.6. The number of rotatable bonds is 0. The van der Waals surface area contributed by atoms with Crippen LogP contribution >= 0.6 is 7.82 Å². The number of phosphoric acid groups is 1. The topological polar surface area (TPSA) is 144 Å². The lowest BCUT2D eigenvalue weighted by atomic mass is 15.8. The molecule has 9 heteroatoms. The predicted molar refractivity (Wildman–Crippen MR) is 16.5 cm³/mol. The van der Waals surface area contributed by atoms with Crippen molar-refractivity contribution in [1.82, 2.24) is 0 Å².